The molecule has 3 aromatic rings. The third kappa shape index (κ3) is 4.13. The molecule has 5 rings (SSSR count). The summed E-state index contributed by atoms with van der Waals surface area (Å²) < 4.78 is 73.3. The van der Waals surface area contributed by atoms with Crippen LogP contribution in [0, 0.1) is 11.6 Å². The molecule has 194 valence electrons. The number of aromatic nitrogens is 3. The SMILES string of the molecule is COC(=O)c1cnc(O[C@H]2CN3c4cc(-c5cccc(F)c5OC)nnc4NC[C@@]3(C(F)F)C2)c(F)c1. The van der Waals surface area contributed by atoms with Gasteiger partial charge in [0.25, 0.3) is 12.3 Å². The first-order valence-electron chi connectivity index (χ1n) is 11.2. The third-order valence-electron chi connectivity index (χ3n) is 6.49. The number of benzene rings is 1. The van der Waals surface area contributed by atoms with Crippen molar-refractivity contribution in [3.05, 3.63) is 53.7 Å². The first-order valence-corrected chi connectivity index (χ1v) is 11.2. The summed E-state index contributed by atoms with van der Waals surface area (Å²) in [4.78, 5) is 16.9. The number of nitrogens with one attached hydrogen (secondary N) is 1. The van der Waals surface area contributed by atoms with E-state index in [4.69, 9.17) is 9.47 Å². The average molecular weight is 519 g/mol. The molecule has 1 saturated heterocycles. The fourth-order valence-electron chi connectivity index (χ4n) is 4.72. The van der Waals surface area contributed by atoms with Crippen molar-refractivity contribution < 1.29 is 36.6 Å². The number of ether oxygens (including phenoxy) is 3. The highest BCUT2D eigenvalue weighted by Crippen LogP contribution is 2.46. The fraction of sp³-hybridized carbons (Fsp3) is 0.333. The van der Waals surface area contributed by atoms with Crippen molar-refractivity contribution in [3.63, 3.8) is 0 Å². The van der Waals surface area contributed by atoms with E-state index in [2.05, 4.69) is 25.2 Å². The standard InChI is InChI=1S/C24H21F4N5O4/c1-35-19-14(4-3-5-15(19)25)17-7-18-20(32-31-17)30-11-24(23(27)28)8-13(10-33(18)24)37-21-16(26)6-12(9-29-21)22(34)36-2/h3-7,9,13,23H,8,10-11H2,1-2H3,(H,30,32)/t13-,24-/m1/s1. The number of esters is 1. The van der Waals surface area contributed by atoms with E-state index in [1.807, 2.05) is 0 Å². The molecule has 9 nitrogen and oxygen atoms in total. The summed E-state index contributed by atoms with van der Waals surface area (Å²) in [6.07, 6.45) is -2.74. The largest absolute Gasteiger partial charge is 0.493 e. The van der Waals surface area contributed by atoms with E-state index >= 15 is 0 Å². The van der Waals surface area contributed by atoms with Gasteiger partial charge in [-0.25, -0.2) is 27.3 Å². The molecule has 2 aliphatic heterocycles. The zero-order chi connectivity index (χ0) is 26.3. The number of nitrogens with zero attached hydrogens (tertiary/aromatic N) is 4. The molecule has 2 aliphatic rings. The Balaban J connectivity index is 1.48. The Morgan fingerprint density at radius 3 is 2.70 bits per heavy atom. The van der Waals surface area contributed by atoms with Crippen LogP contribution in [0.1, 0.15) is 16.8 Å². The quantitative estimate of drug-likeness (QED) is 0.386. The van der Waals surface area contributed by atoms with Crippen LogP contribution in [-0.4, -0.2) is 66.5 Å². The number of pyridine rings is 1. The summed E-state index contributed by atoms with van der Waals surface area (Å²) in [5, 5.41) is 11.1. The molecule has 0 radical (unpaired) electrons. The van der Waals surface area contributed by atoms with Crippen molar-refractivity contribution in [1.82, 2.24) is 15.2 Å². The first-order chi connectivity index (χ1) is 17.8. The molecule has 0 spiro atoms. The Morgan fingerprint density at radius 1 is 1.19 bits per heavy atom. The zero-order valence-electron chi connectivity index (χ0n) is 19.7. The number of alkyl halides is 2. The van der Waals surface area contributed by atoms with E-state index in [-0.39, 0.29) is 42.3 Å². The van der Waals surface area contributed by atoms with Crippen molar-refractivity contribution in [2.75, 3.05) is 37.5 Å². The van der Waals surface area contributed by atoms with Crippen LogP contribution in [0.25, 0.3) is 11.3 Å². The van der Waals surface area contributed by atoms with Crippen molar-refractivity contribution in [1.29, 1.82) is 0 Å². The number of hydrogen-bond acceptors (Lipinski definition) is 9. The lowest BCUT2D eigenvalue weighted by molar-refractivity contribution is 0.0524. The van der Waals surface area contributed by atoms with E-state index in [9.17, 15) is 22.4 Å². The number of methoxy groups -OCH3 is 2. The van der Waals surface area contributed by atoms with Gasteiger partial charge in [0, 0.05) is 24.7 Å². The van der Waals surface area contributed by atoms with Crippen LogP contribution in [0.2, 0.25) is 0 Å². The molecule has 1 aromatic carbocycles. The molecule has 0 unspecified atom stereocenters. The predicted molar refractivity (Wildman–Crippen MR) is 123 cm³/mol. The van der Waals surface area contributed by atoms with Crippen LogP contribution in [0.15, 0.2) is 36.5 Å². The van der Waals surface area contributed by atoms with Gasteiger partial charge in [-0.05, 0) is 24.3 Å². The maximum Gasteiger partial charge on any atom is 0.339 e. The first kappa shape index (κ1) is 24.5. The Morgan fingerprint density at radius 2 is 2.00 bits per heavy atom. The van der Waals surface area contributed by atoms with Gasteiger partial charge < -0.3 is 24.4 Å². The molecular weight excluding hydrogens is 498 g/mol. The minimum atomic E-state index is -2.80. The summed E-state index contributed by atoms with van der Waals surface area (Å²) in [7, 11) is 2.46. The molecule has 2 aromatic heterocycles. The van der Waals surface area contributed by atoms with E-state index in [1.165, 1.54) is 30.2 Å². The van der Waals surface area contributed by atoms with Crippen LogP contribution < -0.4 is 19.7 Å². The maximum absolute atomic E-state index is 14.6. The second kappa shape index (κ2) is 9.37. The normalized spacial score (nSPS) is 20.2. The topological polar surface area (TPSA) is 98.7 Å². The van der Waals surface area contributed by atoms with E-state index < -0.39 is 41.6 Å². The summed E-state index contributed by atoms with van der Waals surface area (Å²) in [5.41, 5.74) is -0.972. The highest BCUT2D eigenvalue weighted by molar-refractivity contribution is 5.89. The summed E-state index contributed by atoms with van der Waals surface area (Å²) in [5.74, 6) is -2.52. The molecule has 0 amide bonds. The molecule has 13 heteroatoms. The highest BCUT2D eigenvalue weighted by atomic mass is 19.3. The smallest absolute Gasteiger partial charge is 0.339 e. The van der Waals surface area contributed by atoms with Gasteiger partial charge >= 0.3 is 5.97 Å². The number of para-hydroxylation sites is 1. The minimum absolute atomic E-state index is 0.0374. The van der Waals surface area contributed by atoms with Crippen LogP contribution in [0.3, 0.4) is 0 Å². The lowest BCUT2D eigenvalue weighted by Crippen LogP contribution is -2.57. The molecule has 2 atom stereocenters. The van der Waals surface area contributed by atoms with Crippen molar-refractivity contribution in [3.8, 4) is 22.9 Å². The monoisotopic (exact) mass is 519 g/mol. The van der Waals surface area contributed by atoms with Gasteiger partial charge in [-0.2, -0.15) is 0 Å². The second-order valence-electron chi connectivity index (χ2n) is 8.60. The third-order valence-corrected chi connectivity index (χ3v) is 6.49. The number of carbonyl (C=O) groups excluding carboxylic acids is 1. The molecule has 1 N–H and O–H groups in total. The van der Waals surface area contributed by atoms with Gasteiger partial charge in [0.2, 0.25) is 0 Å². The van der Waals surface area contributed by atoms with Crippen LogP contribution in [0.4, 0.5) is 29.1 Å². The number of fused-ring (bicyclic) bond motifs is 3. The van der Waals surface area contributed by atoms with Gasteiger partial charge in [-0.3, -0.25) is 0 Å². The molecule has 0 aliphatic carbocycles. The zero-order valence-corrected chi connectivity index (χ0v) is 19.7. The van der Waals surface area contributed by atoms with E-state index in [0.29, 0.717) is 11.3 Å². The van der Waals surface area contributed by atoms with Crippen molar-refractivity contribution in [2.24, 2.45) is 0 Å². The summed E-state index contributed by atoms with van der Waals surface area (Å²) >= 11 is 0. The lowest BCUT2D eigenvalue weighted by atomic mass is 9.93. The number of halogens is 4. The van der Waals surface area contributed by atoms with Gasteiger partial charge in [0.15, 0.2) is 23.2 Å². The number of rotatable bonds is 6. The number of anilines is 2. The van der Waals surface area contributed by atoms with Crippen LogP contribution in [-0.2, 0) is 4.74 Å². The van der Waals surface area contributed by atoms with Gasteiger partial charge in [-0.15, -0.1) is 10.2 Å². The Bertz CT molecular complexity index is 1360. The predicted octanol–water partition coefficient (Wildman–Crippen LogP) is 3.70. The van der Waals surface area contributed by atoms with Crippen LogP contribution >= 0.6 is 0 Å². The molecular formula is C24H21F4N5O4. The molecule has 0 saturated carbocycles. The second-order valence-corrected chi connectivity index (χ2v) is 8.60. The number of carbonyl (C=O) groups is 1. The fourth-order valence-corrected chi connectivity index (χ4v) is 4.72. The van der Waals surface area contributed by atoms with Gasteiger partial charge in [0.05, 0.1) is 37.7 Å². The minimum Gasteiger partial charge on any atom is -0.493 e. The molecule has 4 heterocycles. The summed E-state index contributed by atoms with van der Waals surface area (Å²) in [6.45, 7) is -0.198. The molecule has 1 fully saturated rings. The van der Waals surface area contributed by atoms with E-state index in [0.717, 1.165) is 19.4 Å². The molecule has 0 bridgehead atoms. The molecule has 37 heavy (non-hydrogen) atoms. The Labute approximate surface area is 208 Å². The highest BCUT2D eigenvalue weighted by Gasteiger charge is 2.56. The van der Waals surface area contributed by atoms with Gasteiger partial charge in [0.1, 0.15) is 11.6 Å². The van der Waals surface area contributed by atoms with Gasteiger partial charge in [-0.1, -0.05) is 6.07 Å². The Kier molecular flexibility index (Phi) is 6.21. The lowest BCUT2D eigenvalue weighted by Gasteiger charge is -2.43. The Hall–Kier alpha value is -4.16. The maximum atomic E-state index is 14.6. The van der Waals surface area contributed by atoms with E-state index in [1.54, 1.807) is 6.07 Å². The van der Waals surface area contributed by atoms with Crippen molar-refractivity contribution >= 4 is 17.5 Å². The average Bonchev–Trinajstić information content (AvgIpc) is 3.29. The summed E-state index contributed by atoms with van der Waals surface area (Å²) in [6, 6.07) is 6.71. The van der Waals surface area contributed by atoms with Crippen molar-refractivity contribution in [2.45, 2.75) is 24.5 Å². The number of hydrogen-bond donors (Lipinski definition) is 1. The van der Waals surface area contributed by atoms with Crippen LogP contribution in [0.5, 0.6) is 11.6 Å².